The smallest absolute Gasteiger partial charge is 0.305 e. The third-order valence-corrected chi connectivity index (χ3v) is 2.78. The number of aliphatic carboxylic acids is 1. The van der Waals surface area contributed by atoms with Crippen molar-refractivity contribution in [3.05, 3.63) is 0 Å². The molecule has 1 rings (SSSR count). The molecule has 17 heavy (non-hydrogen) atoms. The molecule has 1 atom stereocenters. The van der Waals surface area contributed by atoms with Crippen LogP contribution in [0.15, 0.2) is 0 Å². The van der Waals surface area contributed by atoms with Crippen LogP contribution in [0.2, 0.25) is 0 Å². The number of carboxylic acids is 1. The quantitative estimate of drug-likeness (QED) is 0.659. The van der Waals surface area contributed by atoms with Crippen molar-refractivity contribution in [3.63, 3.8) is 0 Å². The van der Waals surface area contributed by atoms with Crippen LogP contribution >= 0.6 is 0 Å². The van der Waals surface area contributed by atoms with Crippen LogP contribution in [0.4, 0.5) is 0 Å². The molecule has 1 saturated heterocycles. The van der Waals surface area contributed by atoms with Crippen LogP contribution in [0.5, 0.6) is 0 Å². The first-order chi connectivity index (χ1) is 7.78. The highest BCUT2D eigenvalue weighted by Gasteiger charge is 2.29. The van der Waals surface area contributed by atoms with Gasteiger partial charge in [-0.15, -0.1) is 0 Å². The third kappa shape index (κ3) is 5.17. The molecule has 0 aromatic heterocycles. The van der Waals surface area contributed by atoms with Gasteiger partial charge in [-0.2, -0.15) is 0 Å². The van der Waals surface area contributed by atoms with E-state index in [1.807, 2.05) is 20.8 Å². The van der Waals surface area contributed by atoms with Gasteiger partial charge in [-0.1, -0.05) is 20.8 Å². The Morgan fingerprint density at radius 1 is 1.41 bits per heavy atom. The van der Waals surface area contributed by atoms with Gasteiger partial charge in [0.1, 0.15) is 0 Å². The molecule has 1 amide bonds. The molecule has 0 aromatic carbocycles. The van der Waals surface area contributed by atoms with Gasteiger partial charge in [0.05, 0.1) is 12.3 Å². The topological polar surface area (TPSA) is 78.4 Å². The molecule has 1 aliphatic rings. The van der Waals surface area contributed by atoms with Crippen LogP contribution in [0, 0.1) is 11.3 Å². The van der Waals surface area contributed by atoms with Crippen molar-refractivity contribution in [2.45, 2.75) is 39.7 Å². The number of amides is 1. The average molecular weight is 242 g/mol. The highest BCUT2D eigenvalue weighted by atomic mass is 16.4. The minimum absolute atomic E-state index is 0.00522. The summed E-state index contributed by atoms with van der Waals surface area (Å²) in [5.41, 5.74) is 0.00522. The Labute approximate surface area is 102 Å². The second kappa shape index (κ2) is 5.49. The second-order valence-electron chi connectivity index (χ2n) is 5.92. The second-order valence-corrected chi connectivity index (χ2v) is 5.92. The molecule has 0 aliphatic carbocycles. The molecule has 0 bridgehead atoms. The summed E-state index contributed by atoms with van der Waals surface area (Å²) in [6.07, 6.45) is 0.661. The van der Waals surface area contributed by atoms with Crippen LogP contribution in [0.3, 0.4) is 0 Å². The van der Waals surface area contributed by atoms with Gasteiger partial charge in [-0.25, -0.2) is 0 Å². The van der Waals surface area contributed by atoms with E-state index in [1.165, 1.54) is 0 Å². The van der Waals surface area contributed by atoms with E-state index in [0.29, 0.717) is 19.5 Å². The Morgan fingerprint density at radius 3 is 2.35 bits per heavy atom. The van der Waals surface area contributed by atoms with Crippen molar-refractivity contribution in [2.75, 3.05) is 13.1 Å². The normalized spacial score (nSPS) is 18.3. The molecule has 98 valence electrons. The van der Waals surface area contributed by atoms with Crippen molar-refractivity contribution in [1.82, 2.24) is 10.6 Å². The maximum Gasteiger partial charge on any atom is 0.305 e. The van der Waals surface area contributed by atoms with E-state index in [9.17, 15) is 9.59 Å². The van der Waals surface area contributed by atoms with E-state index in [-0.39, 0.29) is 29.7 Å². The zero-order chi connectivity index (χ0) is 13.1. The molecular weight excluding hydrogens is 220 g/mol. The fourth-order valence-corrected chi connectivity index (χ4v) is 1.92. The maximum atomic E-state index is 11.8. The van der Waals surface area contributed by atoms with Gasteiger partial charge < -0.3 is 15.7 Å². The van der Waals surface area contributed by atoms with Gasteiger partial charge in [0, 0.05) is 19.1 Å². The monoisotopic (exact) mass is 242 g/mol. The van der Waals surface area contributed by atoms with E-state index >= 15 is 0 Å². The first kappa shape index (κ1) is 14.0. The highest BCUT2D eigenvalue weighted by molar-refractivity contribution is 5.81. The SMILES string of the molecule is CC(C)(C)CC(CC(=O)O)NC(=O)C1CNC1. The van der Waals surface area contributed by atoms with Gasteiger partial charge in [0.25, 0.3) is 0 Å². The number of nitrogens with one attached hydrogen (secondary N) is 2. The third-order valence-electron chi connectivity index (χ3n) is 2.78. The summed E-state index contributed by atoms with van der Waals surface area (Å²) in [7, 11) is 0. The molecule has 5 nitrogen and oxygen atoms in total. The first-order valence-electron chi connectivity index (χ1n) is 6.01. The predicted octanol–water partition coefficient (Wildman–Crippen LogP) is 0.602. The van der Waals surface area contributed by atoms with Crippen LogP contribution in [-0.2, 0) is 9.59 Å². The van der Waals surface area contributed by atoms with Crippen molar-refractivity contribution >= 4 is 11.9 Å². The Bertz CT molecular complexity index is 293. The number of carbonyl (C=O) groups excluding carboxylic acids is 1. The van der Waals surface area contributed by atoms with Crippen molar-refractivity contribution in [1.29, 1.82) is 0 Å². The molecule has 1 unspecified atom stereocenters. The lowest BCUT2D eigenvalue weighted by atomic mass is 9.86. The maximum absolute atomic E-state index is 11.8. The van der Waals surface area contributed by atoms with Gasteiger partial charge in [0.2, 0.25) is 5.91 Å². The Balaban J connectivity index is 2.49. The molecule has 1 aliphatic heterocycles. The van der Waals surface area contributed by atoms with Crippen LogP contribution in [0.25, 0.3) is 0 Å². The number of hydrogen-bond donors (Lipinski definition) is 3. The predicted molar refractivity (Wildman–Crippen MR) is 64.6 cm³/mol. The molecular formula is C12H22N2O3. The number of carbonyl (C=O) groups is 2. The van der Waals surface area contributed by atoms with E-state index in [0.717, 1.165) is 0 Å². The van der Waals surface area contributed by atoms with Gasteiger partial charge in [-0.05, 0) is 11.8 Å². The summed E-state index contributed by atoms with van der Waals surface area (Å²) in [4.78, 5) is 22.5. The molecule has 3 N–H and O–H groups in total. The Morgan fingerprint density at radius 2 is 2.00 bits per heavy atom. The Kier molecular flexibility index (Phi) is 4.51. The van der Waals surface area contributed by atoms with Crippen LogP contribution in [-0.4, -0.2) is 36.1 Å². The summed E-state index contributed by atoms with van der Waals surface area (Å²) in [6, 6.07) is -0.277. The van der Waals surface area contributed by atoms with Crippen LogP contribution in [0.1, 0.15) is 33.6 Å². The van der Waals surface area contributed by atoms with Crippen molar-refractivity contribution < 1.29 is 14.7 Å². The standard InChI is InChI=1S/C12H22N2O3/c1-12(2,3)5-9(4-10(15)16)14-11(17)8-6-13-7-8/h8-9,13H,4-7H2,1-3H3,(H,14,17)(H,15,16). The lowest BCUT2D eigenvalue weighted by Crippen LogP contribution is -2.53. The summed E-state index contributed by atoms with van der Waals surface area (Å²) in [6.45, 7) is 7.51. The molecule has 0 radical (unpaired) electrons. The van der Waals surface area contributed by atoms with E-state index < -0.39 is 5.97 Å². The lowest BCUT2D eigenvalue weighted by molar-refractivity contribution is -0.138. The highest BCUT2D eigenvalue weighted by Crippen LogP contribution is 2.22. The Hall–Kier alpha value is -1.10. The van der Waals surface area contributed by atoms with Crippen molar-refractivity contribution in [3.8, 4) is 0 Å². The van der Waals surface area contributed by atoms with Crippen molar-refractivity contribution in [2.24, 2.45) is 11.3 Å². The summed E-state index contributed by atoms with van der Waals surface area (Å²) >= 11 is 0. The number of hydrogen-bond acceptors (Lipinski definition) is 3. The van der Waals surface area contributed by atoms with E-state index in [1.54, 1.807) is 0 Å². The molecule has 1 fully saturated rings. The zero-order valence-corrected chi connectivity index (χ0v) is 10.7. The summed E-state index contributed by atoms with van der Waals surface area (Å²) in [5.74, 6) is -0.892. The van der Waals surface area contributed by atoms with E-state index in [2.05, 4.69) is 10.6 Å². The lowest BCUT2D eigenvalue weighted by Gasteiger charge is -2.30. The first-order valence-corrected chi connectivity index (χ1v) is 6.01. The molecule has 0 spiro atoms. The van der Waals surface area contributed by atoms with E-state index in [4.69, 9.17) is 5.11 Å². The van der Waals surface area contributed by atoms with Gasteiger partial charge in [-0.3, -0.25) is 9.59 Å². The zero-order valence-electron chi connectivity index (χ0n) is 10.7. The van der Waals surface area contributed by atoms with Crippen LogP contribution < -0.4 is 10.6 Å². The largest absolute Gasteiger partial charge is 0.481 e. The number of rotatable bonds is 5. The summed E-state index contributed by atoms with van der Waals surface area (Å²) in [5, 5.41) is 14.7. The molecule has 0 aromatic rings. The minimum atomic E-state index is -0.869. The minimum Gasteiger partial charge on any atom is -0.481 e. The van der Waals surface area contributed by atoms with Gasteiger partial charge in [0.15, 0.2) is 0 Å². The summed E-state index contributed by atoms with van der Waals surface area (Å²) < 4.78 is 0. The fraction of sp³-hybridized carbons (Fsp3) is 0.833. The van der Waals surface area contributed by atoms with Gasteiger partial charge >= 0.3 is 5.97 Å². The average Bonchev–Trinajstić information content (AvgIpc) is 1.93. The molecule has 0 saturated carbocycles. The molecule has 1 heterocycles. The fourth-order valence-electron chi connectivity index (χ4n) is 1.92. The number of carboxylic acid groups (broad SMARTS) is 1. The molecule has 5 heteroatoms.